The quantitative estimate of drug-likeness (QED) is 0.603. The zero-order valence-corrected chi connectivity index (χ0v) is 11.0. The van der Waals surface area contributed by atoms with E-state index >= 15 is 0 Å². The van der Waals surface area contributed by atoms with Gasteiger partial charge in [-0.3, -0.25) is 0 Å². The summed E-state index contributed by atoms with van der Waals surface area (Å²) in [6.07, 6.45) is 1.71. The molecule has 0 amide bonds. The Morgan fingerprint density at radius 3 is 2.56 bits per heavy atom. The fraction of sp³-hybridized carbons (Fsp3) is 0.417. The van der Waals surface area contributed by atoms with Gasteiger partial charge < -0.3 is 4.79 Å². The number of aldehydes is 1. The summed E-state index contributed by atoms with van der Waals surface area (Å²) in [6, 6.07) is 5.75. The van der Waals surface area contributed by atoms with E-state index in [0.29, 0.717) is 5.02 Å². The standard InChI is InChI=1S/C12H11Cl3O/c1-2-7-3-8(5-9(13)4-7)11-10(6-16)12(11,14)15/h3-6,10-11H,2H2,1H3. The fourth-order valence-corrected chi connectivity index (χ4v) is 3.03. The molecule has 16 heavy (non-hydrogen) atoms. The summed E-state index contributed by atoms with van der Waals surface area (Å²) in [4.78, 5) is 10.8. The van der Waals surface area contributed by atoms with Crippen LogP contribution in [0.3, 0.4) is 0 Å². The van der Waals surface area contributed by atoms with E-state index in [9.17, 15) is 4.79 Å². The zero-order chi connectivity index (χ0) is 11.9. The van der Waals surface area contributed by atoms with E-state index in [1.165, 1.54) is 0 Å². The van der Waals surface area contributed by atoms with Gasteiger partial charge in [-0.05, 0) is 29.7 Å². The minimum Gasteiger partial charge on any atom is -0.303 e. The van der Waals surface area contributed by atoms with Crippen LogP contribution in [0.5, 0.6) is 0 Å². The van der Waals surface area contributed by atoms with Crippen molar-refractivity contribution < 1.29 is 4.79 Å². The Hall–Kier alpha value is -0.240. The van der Waals surface area contributed by atoms with Crippen LogP contribution in [0.2, 0.25) is 5.02 Å². The van der Waals surface area contributed by atoms with E-state index in [2.05, 4.69) is 0 Å². The second kappa shape index (κ2) is 4.21. The van der Waals surface area contributed by atoms with Gasteiger partial charge >= 0.3 is 0 Å². The molecule has 1 aliphatic rings. The number of alkyl halides is 2. The van der Waals surface area contributed by atoms with Gasteiger partial charge in [0.1, 0.15) is 10.6 Å². The Labute approximate surface area is 110 Å². The molecule has 0 aliphatic heterocycles. The van der Waals surface area contributed by atoms with Crippen LogP contribution in [0.15, 0.2) is 18.2 Å². The van der Waals surface area contributed by atoms with Crippen LogP contribution in [-0.4, -0.2) is 10.6 Å². The van der Waals surface area contributed by atoms with E-state index in [0.717, 1.165) is 23.8 Å². The van der Waals surface area contributed by atoms with Crippen molar-refractivity contribution in [3.05, 3.63) is 34.3 Å². The first-order valence-corrected chi connectivity index (χ1v) is 6.26. The molecule has 0 saturated heterocycles. The van der Waals surface area contributed by atoms with Crippen LogP contribution in [0.4, 0.5) is 0 Å². The summed E-state index contributed by atoms with van der Waals surface area (Å²) in [5, 5.41) is 0.662. The van der Waals surface area contributed by atoms with Gasteiger partial charge in [-0.1, -0.05) is 24.6 Å². The van der Waals surface area contributed by atoms with E-state index in [1.54, 1.807) is 0 Å². The third-order valence-electron chi connectivity index (χ3n) is 3.00. The van der Waals surface area contributed by atoms with Crippen molar-refractivity contribution in [2.24, 2.45) is 5.92 Å². The van der Waals surface area contributed by atoms with Gasteiger partial charge in [0.25, 0.3) is 0 Å². The first kappa shape index (κ1) is 12.2. The van der Waals surface area contributed by atoms with Gasteiger partial charge in [0.05, 0.1) is 5.92 Å². The molecule has 2 atom stereocenters. The van der Waals surface area contributed by atoms with Crippen LogP contribution in [-0.2, 0) is 11.2 Å². The molecule has 1 aliphatic carbocycles. The lowest BCUT2D eigenvalue weighted by atomic mass is 10.0. The second-order valence-corrected chi connectivity index (χ2v) is 5.94. The lowest BCUT2D eigenvalue weighted by molar-refractivity contribution is -0.108. The van der Waals surface area contributed by atoms with Crippen molar-refractivity contribution in [3.63, 3.8) is 0 Å². The zero-order valence-electron chi connectivity index (χ0n) is 8.71. The first-order valence-electron chi connectivity index (χ1n) is 5.13. The molecule has 0 spiro atoms. The Kier molecular flexibility index (Phi) is 3.22. The number of benzene rings is 1. The van der Waals surface area contributed by atoms with Crippen molar-refractivity contribution in [1.29, 1.82) is 0 Å². The van der Waals surface area contributed by atoms with Crippen molar-refractivity contribution >= 4 is 41.1 Å². The minimum absolute atomic E-state index is 0.127. The average molecular weight is 278 g/mol. The highest BCUT2D eigenvalue weighted by Gasteiger charge is 2.64. The Morgan fingerprint density at radius 1 is 1.38 bits per heavy atom. The van der Waals surface area contributed by atoms with Gasteiger partial charge in [0, 0.05) is 10.9 Å². The van der Waals surface area contributed by atoms with E-state index < -0.39 is 4.33 Å². The summed E-state index contributed by atoms with van der Waals surface area (Å²) < 4.78 is -0.961. The van der Waals surface area contributed by atoms with Crippen LogP contribution < -0.4 is 0 Å². The van der Waals surface area contributed by atoms with Crippen molar-refractivity contribution in [3.8, 4) is 0 Å². The molecule has 0 aromatic heterocycles. The van der Waals surface area contributed by atoms with Crippen LogP contribution in [0.1, 0.15) is 24.0 Å². The topological polar surface area (TPSA) is 17.1 Å². The monoisotopic (exact) mass is 276 g/mol. The highest BCUT2D eigenvalue weighted by atomic mass is 35.5. The maximum atomic E-state index is 10.8. The van der Waals surface area contributed by atoms with Gasteiger partial charge in [0.15, 0.2) is 0 Å². The highest BCUT2D eigenvalue weighted by molar-refractivity contribution is 6.53. The first-order chi connectivity index (χ1) is 7.50. The number of carbonyl (C=O) groups excluding carboxylic acids is 1. The van der Waals surface area contributed by atoms with E-state index in [-0.39, 0.29) is 11.8 Å². The molecule has 1 aromatic rings. The predicted octanol–water partition coefficient (Wildman–Crippen LogP) is 3.99. The largest absolute Gasteiger partial charge is 0.303 e. The van der Waals surface area contributed by atoms with Crippen molar-refractivity contribution in [1.82, 2.24) is 0 Å². The number of carbonyl (C=O) groups is 1. The molecule has 0 heterocycles. The molecule has 4 heteroatoms. The second-order valence-electron chi connectivity index (χ2n) is 4.06. The van der Waals surface area contributed by atoms with Crippen molar-refractivity contribution in [2.45, 2.75) is 23.6 Å². The summed E-state index contributed by atoms with van der Waals surface area (Å²) in [6.45, 7) is 2.05. The molecule has 0 N–H and O–H groups in total. The van der Waals surface area contributed by atoms with E-state index in [4.69, 9.17) is 34.8 Å². The lowest BCUT2D eigenvalue weighted by Gasteiger charge is -2.05. The molecule has 1 nitrogen and oxygen atoms in total. The van der Waals surface area contributed by atoms with Gasteiger partial charge in [-0.15, -0.1) is 23.2 Å². The molecular weight excluding hydrogens is 266 g/mol. The number of halogens is 3. The maximum absolute atomic E-state index is 10.8. The minimum atomic E-state index is -0.961. The summed E-state index contributed by atoms with van der Waals surface area (Å²) in [7, 11) is 0. The average Bonchev–Trinajstić information content (AvgIpc) is 2.79. The number of aryl methyl sites for hydroxylation is 1. The maximum Gasteiger partial charge on any atom is 0.136 e. The highest BCUT2D eigenvalue weighted by Crippen LogP contribution is 2.64. The normalized spacial score (nSPS) is 26.5. The van der Waals surface area contributed by atoms with E-state index in [1.807, 2.05) is 25.1 Å². The van der Waals surface area contributed by atoms with Gasteiger partial charge in [0.2, 0.25) is 0 Å². The number of hydrogen-bond acceptors (Lipinski definition) is 1. The molecule has 1 saturated carbocycles. The lowest BCUT2D eigenvalue weighted by Crippen LogP contribution is -1.92. The van der Waals surface area contributed by atoms with Gasteiger partial charge in [-0.2, -0.15) is 0 Å². The Bertz CT molecular complexity index is 428. The molecule has 0 radical (unpaired) electrons. The van der Waals surface area contributed by atoms with Crippen LogP contribution in [0.25, 0.3) is 0 Å². The molecule has 1 fully saturated rings. The third kappa shape index (κ3) is 1.97. The number of hydrogen-bond donors (Lipinski definition) is 0. The summed E-state index contributed by atoms with van der Waals surface area (Å²) in [5.74, 6) is -0.448. The predicted molar refractivity (Wildman–Crippen MR) is 67.6 cm³/mol. The number of rotatable bonds is 3. The molecule has 2 rings (SSSR count). The Balaban J connectivity index is 2.35. The van der Waals surface area contributed by atoms with Crippen LogP contribution in [0, 0.1) is 5.92 Å². The van der Waals surface area contributed by atoms with Crippen LogP contribution >= 0.6 is 34.8 Å². The third-order valence-corrected chi connectivity index (χ3v) is 4.20. The Morgan fingerprint density at radius 2 is 2.06 bits per heavy atom. The smallest absolute Gasteiger partial charge is 0.136 e. The molecule has 86 valence electrons. The van der Waals surface area contributed by atoms with Crippen molar-refractivity contribution in [2.75, 3.05) is 0 Å². The fourth-order valence-electron chi connectivity index (χ4n) is 2.01. The SMILES string of the molecule is CCc1cc(Cl)cc(C2C(C=O)C2(Cl)Cl)c1. The molecule has 1 aromatic carbocycles. The summed E-state index contributed by atoms with van der Waals surface area (Å²) >= 11 is 18.1. The molecular formula is C12H11Cl3O. The summed E-state index contributed by atoms with van der Waals surface area (Å²) in [5.41, 5.74) is 2.08. The molecule has 0 bridgehead atoms. The molecule has 2 unspecified atom stereocenters. The van der Waals surface area contributed by atoms with Gasteiger partial charge in [-0.25, -0.2) is 0 Å².